The first-order valence-electron chi connectivity index (χ1n) is 7.54. The van der Waals surface area contributed by atoms with Gasteiger partial charge in [0.05, 0.1) is 24.5 Å². The van der Waals surface area contributed by atoms with Crippen molar-refractivity contribution in [2.75, 3.05) is 13.2 Å². The van der Waals surface area contributed by atoms with Crippen molar-refractivity contribution in [3.63, 3.8) is 0 Å². The summed E-state index contributed by atoms with van der Waals surface area (Å²) in [5.41, 5.74) is 1.54. The summed E-state index contributed by atoms with van der Waals surface area (Å²) < 4.78 is 9.27. The molecule has 1 aliphatic heterocycles. The Hall–Kier alpha value is -2.15. The zero-order valence-corrected chi connectivity index (χ0v) is 13.2. The van der Waals surface area contributed by atoms with Crippen molar-refractivity contribution in [2.45, 2.75) is 33.0 Å². The van der Waals surface area contributed by atoms with Crippen LogP contribution in [0.5, 0.6) is 0 Å². The van der Waals surface area contributed by atoms with Crippen LogP contribution in [0.1, 0.15) is 41.9 Å². The fourth-order valence-electron chi connectivity index (χ4n) is 2.84. The molecule has 2 aromatic heterocycles. The topological polar surface area (TPSA) is 65.2 Å². The van der Waals surface area contributed by atoms with Crippen LogP contribution >= 0.6 is 0 Å². The van der Waals surface area contributed by atoms with Gasteiger partial charge in [-0.1, -0.05) is 0 Å². The highest BCUT2D eigenvalue weighted by molar-refractivity contribution is 5.92. The molecule has 0 bridgehead atoms. The third-order valence-corrected chi connectivity index (χ3v) is 4.02. The standard InChI is InChI=1S/C15H21N5O2/c1-4-22-10-12-9-16-14-11(2)19(7-8-20(12)14)15(21)13-5-6-18(3)17-13/h5-6,9,11H,4,7-8,10H2,1-3H3/t11-/m1/s1. The third-order valence-electron chi connectivity index (χ3n) is 4.02. The van der Waals surface area contributed by atoms with Crippen molar-refractivity contribution in [3.8, 4) is 0 Å². The number of hydrogen-bond donors (Lipinski definition) is 0. The maximum atomic E-state index is 12.6. The van der Waals surface area contributed by atoms with Gasteiger partial charge in [-0.15, -0.1) is 0 Å². The molecule has 7 heteroatoms. The lowest BCUT2D eigenvalue weighted by Crippen LogP contribution is -2.41. The van der Waals surface area contributed by atoms with Crippen molar-refractivity contribution in [2.24, 2.45) is 7.05 Å². The van der Waals surface area contributed by atoms with Gasteiger partial charge < -0.3 is 14.2 Å². The number of aromatic nitrogens is 4. The van der Waals surface area contributed by atoms with Gasteiger partial charge in [0.1, 0.15) is 11.5 Å². The molecule has 3 rings (SSSR count). The maximum Gasteiger partial charge on any atom is 0.275 e. The minimum atomic E-state index is -0.0707. The van der Waals surface area contributed by atoms with Gasteiger partial charge in [0.25, 0.3) is 5.91 Å². The second kappa shape index (κ2) is 5.92. The smallest absolute Gasteiger partial charge is 0.275 e. The minimum Gasteiger partial charge on any atom is -0.375 e. The molecule has 0 spiro atoms. The molecule has 22 heavy (non-hydrogen) atoms. The summed E-state index contributed by atoms with van der Waals surface area (Å²) in [5, 5.41) is 4.20. The van der Waals surface area contributed by atoms with Crippen LogP contribution < -0.4 is 0 Å². The fourth-order valence-corrected chi connectivity index (χ4v) is 2.84. The predicted octanol–water partition coefficient (Wildman–Crippen LogP) is 1.37. The van der Waals surface area contributed by atoms with E-state index in [1.807, 2.05) is 32.0 Å². The summed E-state index contributed by atoms with van der Waals surface area (Å²) in [4.78, 5) is 18.9. The number of hydrogen-bond acceptors (Lipinski definition) is 4. The molecule has 0 fully saturated rings. The maximum absolute atomic E-state index is 12.6. The van der Waals surface area contributed by atoms with Gasteiger partial charge in [0.15, 0.2) is 0 Å². The first kappa shape index (κ1) is 14.8. The Morgan fingerprint density at radius 1 is 1.45 bits per heavy atom. The lowest BCUT2D eigenvalue weighted by molar-refractivity contribution is 0.0623. The Morgan fingerprint density at radius 3 is 2.95 bits per heavy atom. The first-order chi connectivity index (χ1) is 10.6. The van der Waals surface area contributed by atoms with E-state index in [1.54, 1.807) is 16.9 Å². The molecule has 0 aliphatic carbocycles. The summed E-state index contributed by atoms with van der Waals surface area (Å²) >= 11 is 0. The Bertz CT molecular complexity index is 675. The molecule has 0 unspecified atom stereocenters. The van der Waals surface area contributed by atoms with E-state index in [9.17, 15) is 4.79 Å². The highest BCUT2D eigenvalue weighted by Crippen LogP contribution is 2.26. The number of rotatable bonds is 4. The second-order valence-corrected chi connectivity index (χ2v) is 5.45. The van der Waals surface area contributed by atoms with E-state index in [4.69, 9.17) is 4.74 Å². The summed E-state index contributed by atoms with van der Waals surface area (Å²) in [7, 11) is 1.81. The molecule has 7 nitrogen and oxygen atoms in total. The monoisotopic (exact) mass is 303 g/mol. The molecule has 1 atom stereocenters. The highest BCUT2D eigenvalue weighted by atomic mass is 16.5. The van der Waals surface area contributed by atoms with E-state index in [-0.39, 0.29) is 11.9 Å². The van der Waals surface area contributed by atoms with Crippen molar-refractivity contribution >= 4 is 5.91 Å². The van der Waals surface area contributed by atoms with Crippen LogP contribution in [0.3, 0.4) is 0 Å². The van der Waals surface area contributed by atoms with Gasteiger partial charge in [-0.05, 0) is 19.9 Å². The van der Waals surface area contributed by atoms with Crippen LogP contribution in [-0.2, 0) is 24.9 Å². The number of aryl methyl sites for hydroxylation is 1. The van der Waals surface area contributed by atoms with Crippen LogP contribution in [0.4, 0.5) is 0 Å². The van der Waals surface area contributed by atoms with Gasteiger partial charge in [0, 0.05) is 32.9 Å². The Balaban J connectivity index is 1.81. The van der Waals surface area contributed by atoms with Gasteiger partial charge >= 0.3 is 0 Å². The molecule has 2 aromatic rings. The van der Waals surface area contributed by atoms with E-state index in [0.29, 0.717) is 25.5 Å². The van der Waals surface area contributed by atoms with Crippen molar-refractivity contribution in [1.29, 1.82) is 0 Å². The summed E-state index contributed by atoms with van der Waals surface area (Å²) in [6, 6.07) is 1.68. The van der Waals surface area contributed by atoms with E-state index in [0.717, 1.165) is 18.1 Å². The summed E-state index contributed by atoms with van der Waals surface area (Å²) in [5.74, 6) is 0.860. The number of ether oxygens (including phenoxy) is 1. The molecule has 0 radical (unpaired) electrons. The average Bonchev–Trinajstić information content (AvgIpc) is 3.12. The van der Waals surface area contributed by atoms with Crippen LogP contribution in [0, 0.1) is 0 Å². The van der Waals surface area contributed by atoms with Crippen LogP contribution in [-0.4, -0.2) is 43.3 Å². The number of carbonyl (C=O) groups is 1. The molecule has 118 valence electrons. The van der Waals surface area contributed by atoms with Gasteiger partial charge in [-0.25, -0.2) is 4.98 Å². The van der Waals surface area contributed by atoms with Gasteiger partial charge in [-0.2, -0.15) is 5.10 Å². The Labute approximate surface area is 129 Å². The number of imidazole rings is 1. The SMILES string of the molecule is CCOCc1cnc2n1CCN(C(=O)c1ccn(C)n1)[C@@H]2C. The number of fused-ring (bicyclic) bond motifs is 1. The molecule has 0 aromatic carbocycles. The molecule has 1 aliphatic rings. The second-order valence-electron chi connectivity index (χ2n) is 5.45. The molecule has 3 heterocycles. The van der Waals surface area contributed by atoms with Crippen molar-refractivity contribution in [1.82, 2.24) is 24.2 Å². The van der Waals surface area contributed by atoms with Crippen molar-refractivity contribution in [3.05, 3.63) is 35.7 Å². The molecule has 0 N–H and O–H groups in total. The normalized spacial score (nSPS) is 17.6. The zero-order chi connectivity index (χ0) is 15.7. The Morgan fingerprint density at radius 2 is 2.27 bits per heavy atom. The number of amides is 1. The molecule has 1 amide bonds. The quantitative estimate of drug-likeness (QED) is 0.855. The van der Waals surface area contributed by atoms with Crippen LogP contribution in [0.25, 0.3) is 0 Å². The molecular weight excluding hydrogens is 282 g/mol. The Kier molecular flexibility index (Phi) is 3.98. The lowest BCUT2D eigenvalue weighted by Gasteiger charge is -2.34. The highest BCUT2D eigenvalue weighted by Gasteiger charge is 2.31. The van der Waals surface area contributed by atoms with Gasteiger partial charge in [-0.3, -0.25) is 9.48 Å². The largest absolute Gasteiger partial charge is 0.375 e. The van der Waals surface area contributed by atoms with E-state index in [1.165, 1.54) is 0 Å². The first-order valence-corrected chi connectivity index (χ1v) is 7.54. The van der Waals surface area contributed by atoms with Crippen LogP contribution in [0.2, 0.25) is 0 Å². The fraction of sp³-hybridized carbons (Fsp3) is 0.533. The lowest BCUT2D eigenvalue weighted by atomic mass is 10.2. The summed E-state index contributed by atoms with van der Waals surface area (Å²) in [6.45, 7) is 6.61. The van der Waals surface area contributed by atoms with Crippen molar-refractivity contribution < 1.29 is 9.53 Å². The van der Waals surface area contributed by atoms with E-state index in [2.05, 4.69) is 14.6 Å². The molecule has 0 saturated heterocycles. The number of carbonyl (C=O) groups excluding carboxylic acids is 1. The van der Waals surface area contributed by atoms with Gasteiger partial charge in [0.2, 0.25) is 0 Å². The predicted molar refractivity (Wildman–Crippen MR) is 80.2 cm³/mol. The minimum absolute atomic E-state index is 0.0475. The average molecular weight is 303 g/mol. The molecule has 0 saturated carbocycles. The third kappa shape index (κ3) is 2.52. The van der Waals surface area contributed by atoms with Crippen LogP contribution in [0.15, 0.2) is 18.5 Å². The summed E-state index contributed by atoms with van der Waals surface area (Å²) in [6.07, 6.45) is 3.62. The number of nitrogens with zero attached hydrogens (tertiary/aromatic N) is 5. The zero-order valence-electron chi connectivity index (χ0n) is 13.2. The molecular formula is C15H21N5O2. The van der Waals surface area contributed by atoms with E-state index >= 15 is 0 Å². The van der Waals surface area contributed by atoms with E-state index < -0.39 is 0 Å².